The Morgan fingerprint density at radius 2 is 2.35 bits per heavy atom. The summed E-state index contributed by atoms with van der Waals surface area (Å²) in [6.07, 6.45) is 4.24. The number of carbonyl (C=O) groups excluding carboxylic acids is 1. The van der Waals surface area contributed by atoms with Crippen LogP contribution in [-0.2, 0) is 17.8 Å². The number of piperidine rings is 1. The van der Waals surface area contributed by atoms with Gasteiger partial charge in [0.15, 0.2) is 0 Å². The molecule has 2 aliphatic rings. The normalized spacial score (nSPS) is 21.7. The van der Waals surface area contributed by atoms with Crippen molar-refractivity contribution in [1.29, 1.82) is 0 Å². The van der Waals surface area contributed by atoms with E-state index in [4.69, 9.17) is 4.74 Å². The van der Waals surface area contributed by atoms with Gasteiger partial charge in [0.05, 0.1) is 12.5 Å². The summed E-state index contributed by atoms with van der Waals surface area (Å²) in [5.74, 6) is 1.30. The molecule has 0 radical (unpaired) electrons. The molecule has 4 nitrogen and oxygen atoms in total. The van der Waals surface area contributed by atoms with Crippen LogP contribution in [0.5, 0.6) is 5.75 Å². The summed E-state index contributed by atoms with van der Waals surface area (Å²) in [7, 11) is 0. The van der Waals surface area contributed by atoms with Crippen LogP contribution in [-0.4, -0.2) is 25.6 Å². The molecule has 4 heteroatoms. The Morgan fingerprint density at radius 1 is 1.40 bits per heavy atom. The quantitative estimate of drug-likeness (QED) is 0.881. The molecule has 2 aliphatic heterocycles. The molecule has 0 spiro atoms. The minimum absolute atomic E-state index is 0.129. The van der Waals surface area contributed by atoms with Gasteiger partial charge in [0.25, 0.3) is 0 Å². The second-order valence-corrected chi connectivity index (χ2v) is 5.66. The summed E-state index contributed by atoms with van der Waals surface area (Å²) in [6.45, 7) is 3.28. The first kappa shape index (κ1) is 13.4. The molecule has 1 saturated heterocycles. The van der Waals surface area contributed by atoms with Gasteiger partial charge >= 0.3 is 0 Å². The van der Waals surface area contributed by atoms with Gasteiger partial charge in [0, 0.05) is 13.1 Å². The molecule has 3 rings (SSSR count). The zero-order valence-electron chi connectivity index (χ0n) is 11.8. The zero-order valence-corrected chi connectivity index (χ0v) is 11.8. The predicted octanol–water partition coefficient (Wildman–Crippen LogP) is 1.63. The Morgan fingerprint density at radius 3 is 3.20 bits per heavy atom. The number of amides is 1. The Labute approximate surface area is 119 Å². The van der Waals surface area contributed by atoms with Crippen LogP contribution in [0.2, 0.25) is 0 Å². The van der Waals surface area contributed by atoms with E-state index in [0.717, 1.165) is 56.7 Å². The average Bonchev–Trinajstić information content (AvgIpc) is 2.53. The molecule has 2 N–H and O–H groups in total. The number of carbonyl (C=O) groups is 1. The van der Waals surface area contributed by atoms with Crippen molar-refractivity contribution in [3.8, 4) is 5.75 Å². The standard InChI is InChI=1S/C16H22N2O2/c19-16(14-3-1-7-17-11-14)18-10-12-5-6-15-13(9-12)4-2-8-20-15/h5-6,9,14,17H,1-4,7-8,10-11H2,(H,18,19). The van der Waals surface area contributed by atoms with Crippen molar-refractivity contribution in [3.63, 3.8) is 0 Å². The van der Waals surface area contributed by atoms with E-state index in [1.807, 2.05) is 12.1 Å². The summed E-state index contributed by atoms with van der Waals surface area (Å²) in [5.41, 5.74) is 2.42. The number of hydrogen-bond acceptors (Lipinski definition) is 3. The molecule has 0 aliphatic carbocycles. The maximum Gasteiger partial charge on any atom is 0.224 e. The maximum atomic E-state index is 12.1. The molecular formula is C16H22N2O2. The van der Waals surface area contributed by atoms with Gasteiger partial charge in [-0.25, -0.2) is 0 Å². The van der Waals surface area contributed by atoms with Gasteiger partial charge in [-0.05, 0) is 49.4 Å². The van der Waals surface area contributed by atoms with Gasteiger partial charge in [-0.15, -0.1) is 0 Å². The number of ether oxygens (including phenoxy) is 1. The summed E-state index contributed by atoms with van der Waals surface area (Å²) in [6, 6.07) is 6.23. The molecule has 1 amide bonds. The Balaban J connectivity index is 1.56. The third kappa shape index (κ3) is 3.12. The third-order valence-corrected chi connectivity index (χ3v) is 4.11. The van der Waals surface area contributed by atoms with Gasteiger partial charge in [0.1, 0.15) is 5.75 Å². The first-order valence-corrected chi connectivity index (χ1v) is 7.56. The fourth-order valence-corrected chi connectivity index (χ4v) is 2.93. The van der Waals surface area contributed by atoms with Gasteiger partial charge in [-0.2, -0.15) is 0 Å². The highest BCUT2D eigenvalue weighted by molar-refractivity contribution is 5.78. The molecule has 0 aromatic heterocycles. The lowest BCUT2D eigenvalue weighted by Crippen LogP contribution is -2.40. The summed E-state index contributed by atoms with van der Waals surface area (Å²) in [4.78, 5) is 12.1. The summed E-state index contributed by atoms with van der Waals surface area (Å²) < 4.78 is 5.60. The van der Waals surface area contributed by atoms with E-state index in [1.54, 1.807) is 0 Å². The van der Waals surface area contributed by atoms with Crippen LogP contribution in [0.1, 0.15) is 30.4 Å². The van der Waals surface area contributed by atoms with Crippen LogP contribution in [0.25, 0.3) is 0 Å². The zero-order chi connectivity index (χ0) is 13.8. The highest BCUT2D eigenvalue weighted by atomic mass is 16.5. The lowest BCUT2D eigenvalue weighted by molar-refractivity contribution is -0.125. The molecule has 0 saturated carbocycles. The number of benzene rings is 1. The van der Waals surface area contributed by atoms with Crippen LogP contribution in [0.3, 0.4) is 0 Å². The number of aryl methyl sites for hydroxylation is 1. The largest absolute Gasteiger partial charge is 0.493 e. The van der Waals surface area contributed by atoms with Crippen LogP contribution < -0.4 is 15.4 Å². The fourth-order valence-electron chi connectivity index (χ4n) is 2.93. The van der Waals surface area contributed by atoms with Crippen LogP contribution >= 0.6 is 0 Å². The van der Waals surface area contributed by atoms with Crippen molar-refractivity contribution in [2.75, 3.05) is 19.7 Å². The molecule has 108 valence electrons. The summed E-state index contributed by atoms with van der Waals surface area (Å²) in [5, 5.41) is 6.33. The van der Waals surface area contributed by atoms with Gasteiger partial charge < -0.3 is 15.4 Å². The second kappa shape index (κ2) is 6.27. The van der Waals surface area contributed by atoms with E-state index in [9.17, 15) is 4.79 Å². The highest BCUT2D eigenvalue weighted by Crippen LogP contribution is 2.25. The van der Waals surface area contributed by atoms with Gasteiger partial charge in [-0.3, -0.25) is 4.79 Å². The molecule has 1 fully saturated rings. The van der Waals surface area contributed by atoms with E-state index in [-0.39, 0.29) is 11.8 Å². The van der Waals surface area contributed by atoms with Crippen molar-refractivity contribution >= 4 is 5.91 Å². The van der Waals surface area contributed by atoms with E-state index in [2.05, 4.69) is 16.7 Å². The monoisotopic (exact) mass is 274 g/mol. The number of hydrogen-bond donors (Lipinski definition) is 2. The maximum absolute atomic E-state index is 12.1. The number of fused-ring (bicyclic) bond motifs is 1. The molecule has 1 aromatic carbocycles. The van der Waals surface area contributed by atoms with Gasteiger partial charge in [0.2, 0.25) is 5.91 Å². The fraction of sp³-hybridized carbons (Fsp3) is 0.562. The topological polar surface area (TPSA) is 50.4 Å². The van der Waals surface area contributed by atoms with Crippen LogP contribution in [0.15, 0.2) is 18.2 Å². The average molecular weight is 274 g/mol. The Bertz CT molecular complexity index is 481. The molecule has 1 unspecified atom stereocenters. The lowest BCUT2D eigenvalue weighted by atomic mass is 9.98. The molecule has 1 atom stereocenters. The molecule has 2 heterocycles. The Hall–Kier alpha value is -1.55. The number of rotatable bonds is 3. The van der Waals surface area contributed by atoms with Crippen LogP contribution in [0, 0.1) is 5.92 Å². The van der Waals surface area contributed by atoms with E-state index in [0.29, 0.717) is 6.54 Å². The second-order valence-electron chi connectivity index (χ2n) is 5.66. The van der Waals surface area contributed by atoms with Gasteiger partial charge in [-0.1, -0.05) is 12.1 Å². The predicted molar refractivity (Wildman–Crippen MR) is 77.7 cm³/mol. The smallest absolute Gasteiger partial charge is 0.224 e. The SMILES string of the molecule is O=C(NCc1ccc2c(c1)CCCO2)C1CCCNC1. The minimum atomic E-state index is 0.129. The first-order valence-electron chi connectivity index (χ1n) is 7.56. The highest BCUT2D eigenvalue weighted by Gasteiger charge is 2.20. The van der Waals surface area contributed by atoms with Crippen molar-refractivity contribution in [3.05, 3.63) is 29.3 Å². The molecule has 1 aromatic rings. The molecular weight excluding hydrogens is 252 g/mol. The van der Waals surface area contributed by atoms with Crippen molar-refractivity contribution in [2.45, 2.75) is 32.2 Å². The van der Waals surface area contributed by atoms with Crippen LogP contribution in [0.4, 0.5) is 0 Å². The minimum Gasteiger partial charge on any atom is -0.493 e. The lowest BCUT2D eigenvalue weighted by Gasteiger charge is -2.22. The number of nitrogens with one attached hydrogen (secondary N) is 2. The molecule has 0 bridgehead atoms. The molecule has 20 heavy (non-hydrogen) atoms. The van der Waals surface area contributed by atoms with E-state index >= 15 is 0 Å². The van der Waals surface area contributed by atoms with Crippen molar-refractivity contribution in [2.24, 2.45) is 5.92 Å². The van der Waals surface area contributed by atoms with E-state index < -0.39 is 0 Å². The summed E-state index contributed by atoms with van der Waals surface area (Å²) >= 11 is 0. The first-order chi connectivity index (χ1) is 9.83. The third-order valence-electron chi connectivity index (χ3n) is 4.11. The Kier molecular flexibility index (Phi) is 4.21. The van der Waals surface area contributed by atoms with E-state index in [1.165, 1.54) is 5.56 Å². The van der Waals surface area contributed by atoms with Crippen molar-refractivity contribution in [1.82, 2.24) is 10.6 Å². The van der Waals surface area contributed by atoms with Crippen molar-refractivity contribution < 1.29 is 9.53 Å².